The van der Waals surface area contributed by atoms with E-state index in [-0.39, 0.29) is 28.9 Å². The molecule has 12 nitrogen and oxygen atoms in total. The quantitative estimate of drug-likeness (QED) is 0.380. The summed E-state index contributed by atoms with van der Waals surface area (Å²) in [6.07, 6.45) is 1.04. The molecule has 0 aliphatic rings. The van der Waals surface area contributed by atoms with Gasteiger partial charge in [0.1, 0.15) is 24.2 Å². The summed E-state index contributed by atoms with van der Waals surface area (Å²) in [4.78, 5) is 31.7. The number of nitrogens with zero attached hydrogens (tertiary/aromatic N) is 4. The maximum atomic E-state index is 12.0. The molecule has 2 rings (SSSR count). The van der Waals surface area contributed by atoms with Crippen molar-refractivity contribution in [1.29, 1.82) is 0 Å². The molecule has 0 amide bonds. The maximum absolute atomic E-state index is 12.0. The van der Waals surface area contributed by atoms with Gasteiger partial charge in [-0.25, -0.2) is 18.5 Å². The first-order valence-corrected chi connectivity index (χ1v) is 10.1. The average Bonchev–Trinajstić information content (AvgIpc) is 2.59. The predicted molar refractivity (Wildman–Crippen MR) is 106 cm³/mol. The molecular formula is C17H21N5O7S. The molecule has 30 heavy (non-hydrogen) atoms. The number of likely N-dealkylation sites (N-methyl/N-ethyl adjacent to an activating group) is 1. The Bertz CT molecular complexity index is 1050. The number of ether oxygens (including phenoxy) is 2. The molecule has 0 saturated carbocycles. The standard InChI is InChI=1S/C17H21N5O7S/c1-17(2,3)29-13(23)9-21(4)15-14(22(24)25)16(20-10-19-15)28-11-5-7-12(8-6-11)30(18,26)27/h5-8,10H,9H2,1-4H3,(H2,18,26,27). The molecule has 13 heteroatoms. The smallest absolute Gasteiger partial charge is 0.373 e. The van der Waals surface area contributed by atoms with Crippen LogP contribution < -0.4 is 14.8 Å². The molecule has 1 heterocycles. The van der Waals surface area contributed by atoms with Crippen molar-refractivity contribution in [2.75, 3.05) is 18.5 Å². The second-order valence-electron chi connectivity index (χ2n) is 7.17. The number of esters is 1. The van der Waals surface area contributed by atoms with Crippen LogP contribution in [-0.2, 0) is 19.6 Å². The number of primary sulfonamides is 1. The molecule has 0 atom stereocenters. The molecule has 0 radical (unpaired) electrons. The van der Waals surface area contributed by atoms with Gasteiger partial charge in [0, 0.05) is 7.05 Å². The molecule has 1 aromatic carbocycles. The topological polar surface area (TPSA) is 168 Å². The molecule has 162 valence electrons. The van der Waals surface area contributed by atoms with Gasteiger partial charge in [0.25, 0.3) is 0 Å². The minimum atomic E-state index is -3.90. The molecule has 0 spiro atoms. The van der Waals surface area contributed by atoms with Gasteiger partial charge in [-0.2, -0.15) is 4.98 Å². The fourth-order valence-electron chi connectivity index (χ4n) is 2.32. The number of aromatic nitrogens is 2. The number of carbonyl (C=O) groups excluding carboxylic acids is 1. The summed E-state index contributed by atoms with van der Waals surface area (Å²) in [7, 11) is -2.46. The lowest BCUT2D eigenvalue weighted by atomic mass is 10.2. The lowest BCUT2D eigenvalue weighted by Gasteiger charge is -2.23. The van der Waals surface area contributed by atoms with Crippen molar-refractivity contribution in [3.8, 4) is 11.6 Å². The van der Waals surface area contributed by atoms with Crippen molar-refractivity contribution in [2.24, 2.45) is 5.14 Å². The first-order chi connectivity index (χ1) is 13.8. The molecular weight excluding hydrogens is 418 g/mol. The summed E-state index contributed by atoms with van der Waals surface area (Å²) in [5.41, 5.74) is -1.29. The third-order valence-corrected chi connectivity index (χ3v) is 4.40. The van der Waals surface area contributed by atoms with Crippen LogP contribution in [0.2, 0.25) is 0 Å². The van der Waals surface area contributed by atoms with E-state index in [9.17, 15) is 23.3 Å². The van der Waals surface area contributed by atoms with E-state index in [1.54, 1.807) is 20.8 Å². The zero-order chi connectivity index (χ0) is 22.7. The SMILES string of the molecule is CN(CC(=O)OC(C)(C)C)c1ncnc(Oc2ccc(S(N)(=O)=O)cc2)c1[N+](=O)[O-]. The van der Waals surface area contributed by atoms with Gasteiger partial charge in [-0.1, -0.05) is 0 Å². The molecule has 0 bridgehead atoms. The van der Waals surface area contributed by atoms with E-state index in [4.69, 9.17) is 14.6 Å². The third kappa shape index (κ3) is 6.09. The van der Waals surface area contributed by atoms with E-state index >= 15 is 0 Å². The summed E-state index contributed by atoms with van der Waals surface area (Å²) in [6, 6.07) is 4.92. The van der Waals surface area contributed by atoms with Crippen LogP contribution in [0.1, 0.15) is 20.8 Å². The van der Waals surface area contributed by atoms with E-state index < -0.39 is 32.2 Å². The summed E-state index contributed by atoms with van der Waals surface area (Å²) in [6.45, 7) is 4.80. The summed E-state index contributed by atoms with van der Waals surface area (Å²) in [5, 5.41) is 16.7. The number of benzene rings is 1. The van der Waals surface area contributed by atoms with Gasteiger partial charge in [-0.15, -0.1) is 0 Å². The lowest BCUT2D eigenvalue weighted by molar-refractivity contribution is -0.385. The van der Waals surface area contributed by atoms with Gasteiger partial charge >= 0.3 is 17.5 Å². The van der Waals surface area contributed by atoms with Crippen molar-refractivity contribution in [3.05, 3.63) is 40.7 Å². The van der Waals surface area contributed by atoms with Crippen molar-refractivity contribution in [1.82, 2.24) is 9.97 Å². The molecule has 1 aromatic heterocycles. The van der Waals surface area contributed by atoms with E-state index in [2.05, 4.69) is 9.97 Å². The van der Waals surface area contributed by atoms with E-state index in [0.717, 1.165) is 6.33 Å². The minimum Gasteiger partial charge on any atom is -0.459 e. The minimum absolute atomic E-state index is 0.0879. The fourth-order valence-corrected chi connectivity index (χ4v) is 2.83. The van der Waals surface area contributed by atoms with Crippen LogP contribution >= 0.6 is 0 Å². The predicted octanol–water partition coefficient (Wildman–Crippen LogP) is 1.60. The van der Waals surface area contributed by atoms with Gasteiger partial charge < -0.3 is 14.4 Å². The second kappa shape index (κ2) is 8.59. The van der Waals surface area contributed by atoms with Gasteiger partial charge in [-0.05, 0) is 45.0 Å². The van der Waals surface area contributed by atoms with Crippen LogP contribution in [0.3, 0.4) is 0 Å². The number of rotatable bonds is 7. The zero-order valence-electron chi connectivity index (χ0n) is 16.7. The second-order valence-corrected chi connectivity index (χ2v) is 8.73. The third-order valence-electron chi connectivity index (χ3n) is 3.47. The first kappa shape index (κ1) is 23.0. The number of anilines is 1. The van der Waals surface area contributed by atoms with Crippen LogP contribution in [-0.4, -0.2) is 48.5 Å². The molecule has 0 saturated heterocycles. The van der Waals surface area contributed by atoms with Crippen molar-refractivity contribution in [3.63, 3.8) is 0 Å². The van der Waals surface area contributed by atoms with Crippen LogP contribution in [0.4, 0.5) is 11.5 Å². The Balaban J connectivity index is 2.32. The zero-order valence-corrected chi connectivity index (χ0v) is 17.5. The molecule has 0 unspecified atom stereocenters. The van der Waals surface area contributed by atoms with E-state index in [1.807, 2.05) is 0 Å². The highest BCUT2D eigenvalue weighted by Crippen LogP contribution is 2.35. The Hall–Kier alpha value is -3.32. The Morgan fingerprint density at radius 3 is 2.33 bits per heavy atom. The number of hydrogen-bond donors (Lipinski definition) is 1. The van der Waals surface area contributed by atoms with Gasteiger partial charge in [0.2, 0.25) is 15.8 Å². The van der Waals surface area contributed by atoms with Crippen molar-refractivity contribution < 1.29 is 27.6 Å². The molecule has 2 aromatic rings. The van der Waals surface area contributed by atoms with Crippen LogP contribution in [0, 0.1) is 10.1 Å². The number of nitrogens with two attached hydrogens (primary N) is 1. The van der Waals surface area contributed by atoms with Crippen molar-refractivity contribution >= 4 is 27.5 Å². The number of hydrogen-bond acceptors (Lipinski definition) is 10. The summed E-state index contributed by atoms with van der Waals surface area (Å²) < 4.78 is 33.3. The van der Waals surface area contributed by atoms with Crippen LogP contribution in [0.15, 0.2) is 35.5 Å². The molecule has 0 fully saturated rings. The average molecular weight is 439 g/mol. The van der Waals surface area contributed by atoms with E-state index in [0.29, 0.717) is 0 Å². The van der Waals surface area contributed by atoms with Gasteiger partial charge in [0.05, 0.1) is 9.82 Å². The van der Waals surface area contributed by atoms with Crippen LogP contribution in [0.25, 0.3) is 0 Å². The highest BCUT2D eigenvalue weighted by atomic mass is 32.2. The Kier molecular flexibility index (Phi) is 6.57. The molecule has 0 aliphatic heterocycles. The number of nitro groups is 1. The van der Waals surface area contributed by atoms with Gasteiger partial charge in [0.15, 0.2) is 0 Å². The number of carbonyl (C=O) groups is 1. The maximum Gasteiger partial charge on any atom is 0.373 e. The molecule has 2 N–H and O–H groups in total. The Morgan fingerprint density at radius 1 is 1.23 bits per heavy atom. The molecule has 0 aliphatic carbocycles. The Labute approximate surface area is 172 Å². The Morgan fingerprint density at radius 2 is 1.83 bits per heavy atom. The number of sulfonamides is 1. The summed E-state index contributed by atoms with van der Waals surface area (Å²) in [5.74, 6) is -1.05. The van der Waals surface area contributed by atoms with Gasteiger partial charge in [-0.3, -0.25) is 14.9 Å². The van der Waals surface area contributed by atoms with E-state index in [1.165, 1.54) is 36.2 Å². The fraction of sp³-hybridized carbons (Fsp3) is 0.353. The highest BCUT2D eigenvalue weighted by molar-refractivity contribution is 7.89. The van der Waals surface area contributed by atoms with Crippen LogP contribution in [0.5, 0.6) is 11.6 Å². The largest absolute Gasteiger partial charge is 0.459 e. The first-order valence-electron chi connectivity index (χ1n) is 8.51. The highest BCUT2D eigenvalue weighted by Gasteiger charge is 2.29. The lowest BCUT2D eigenvalue weighted by Crippen LogP contribution is -2.33. The summed E-state index contributed by atoms with van der Waals surface area (Å²) >= 11 is 0. The van der Waals surface area contributed by atoms with Crippen molar-refractivity contribution in [2.45, 2.75) is 31.3 Å². The monoisotopic (exact) mass is 439 g/mol. The normalized spacial score (nSPS) is 11.6.